The third-order valence-corrected chi connectivity index (χ3v) is 5.73. The molecule has 2 aromatic carbocycles. The van der Waals surface area contributed by atoms with Crippen LogP contribution in [-0.2, 0) is 16.0 Å². The van der Waals surface area contributed by atoms with Gasteiger partial charge in [-0.25, -0.2) is 4.79 Å². The second kappa shape index (κ2) is 8.57. The number of benzene rings is 2. The average Bonchev–Trinajstić information content (AvgIpc) is 3.18. The fourth-order valence-electron chi connectivity index (χ4n) is 4.15. The van der Waals surface area contributed by atoms with E-state index in [4.69, 9.17) is 0 Å². The van der Waals surface area contributed by atoms with Crippen LogP contribution < -0.4 is 15.5 Å². The van der Waals surface area contributed by atoms with E-state index in [9.17, 15) is 14.4 Å². The molecule has 1 fully saturated rings. The van der Waals surface area contributed by atoms with Gasteiger partial charge in [0.1, 0.15) is 0 Å². The fraction of sp³-hybridized carbons (Fsp3) is 0.348. The molecule has 0 bridgehead atoms. The second-order valence-electron chi connectivity index (χ2n) is 7.83. The highest BCUT2D eigenvalue weighted by Crippen LogP contribution is 2.31. The van der Waals surface area contributed by atoms with Crippen LogP contribution in [0.5, 0.6) is 0 Å². The van der Waals surface area contributed by atoms with Crippen LogP contribution in [0.4, 0.5) is 21.9 Å². The van der Waals surface area contributed by atoms with E-state index in [1.807, 2.05) is 48.5 Å². The van der Waals surface area contributed by atoms with Crippen molar-refractivity contribution in [2.75, 3.05) is 35.2 Å². The molecule has 2 N–H and O–H groups in total. The van der Waals surface area contributed by atoms with Crippen molar-refractivity contribution >= 4 is 34.9 Å². The Morgan fingerprint density at radius 1 is 0.967 bits per heavy atom. The van der Waals surface area contributed by atoms with Crippen LogP contribution in [0.15, 0.2) is 48.5 Å². The molecule has 0 unspecified atom stereocenters. The van der Waals surface area contributed by atoms with Crippen LogP contribution in [0.2, 0.25) is 0 Å². The summed E-state index contributed by atoms with van der Waals surface area (Å²) in [4.78, 5) is 40.5. The van der Waals surface area contributed by atoms with Gasteiger partial charge in [0.25, 0.3) is 0 Å². The number of piperidine rings is 1. The summed E-state index contributed by atoms with van der Waals surface area (Å²) < 4.78 is 0. The van der Waals surface area contributed by atoms with Gasteiger partial charge < -0.3 is 20.4 Å². The monoisotopic (exact) mass is 406 g/mol. The summed E-state index contributed by atoms with van der Waals surface area (Å²) in [5, 5.41) is 5.88. The van der Waals surface area contributed by atoms with Crippen molar-refractivity contribution in [1.29, 1.82) is 0 Å². The Morgan fingerprint density at radius 2 is 1.77 bits per heavy atom. The van der Waals surface area contributed by atoms with E-state index in [0.29, 0.717) is 19.6 Å². The van der Waals surface area contributed by atoms with Crippen LogP contribution in [0, 0.1) is 5.92 Å². The zero-order valence-electron chi connectivity index (χ0n) is 17.1. The quantitative estimate of drug-likeness (QED) is 0.819. The Kier molecular flexibility index (Phi) is 5.70. The molecule has 7 heteroatoms. The van der Waals surface area contributed by atoms with Crippen molar-refractivity contribution in [1.82, 2.24) is 4.90 Å². The first-order valence-corrected chi connectivity index (χ1v) is 10.3. The lowest BCUT2D eigenvalue weighted by Gasteiger charge is -2.32. The van der Waals surface area contributed by atoms with E-state index in [1.165, 1.54) is 0 Å². The van der Waals surface area contributed by atoms with Gasteiger partial charge in [-0.15, -0.1) is 0 Å². The minimum absolute atomic E-state index is 0.0293. The average molecular weight is 406 g/mol. The number of anilines is 3. The third-order valence-electron chi connectivity index (χ3n) is 5.73. The van der Waals surface area contributed by atoms with E-state index < -0.39 is 0 Å². The number of nitrogens with one attached hydrogen (secondary N) is 2. The first kappa shape index (κ1) is 19.9. The summed E-state index contributed by atoms with van der Waals surface area (Å²) in [6.45, 7) is 3.28. The summed E-state index contributed by atoms with van der Waals surface area (Å²) in [7, 11) is 0. The van der Waals surface area contributed by atoms with E-state index >= 15 is 0 Å². The molecule has 0 aromatic heterocycles. The summed E-state index contributed by atoms with van der Waals surface area (Å²) in [5.41, 5.74) is 3.46. The van der Waals surface area contributed by atoms with Gasteiger partial charge in [0.2, 0.25) is 11.8 Å². The Morgan fingerprint density at radius 3 is 2.53 bits per heavy atom. The fourth-order valence-corrected chi connectivity index (χ4v) is 4.15. The first-order valence-electron chi connectivity index (χ1n) is 10.3. The van der Waals surface area contributed by atoms with E-state index in [-0.39, 0.29) is 23.8 Å². The summed E-state index contributed by atoms with van der Waals surface area (Å²) >= 11 is 0. The van der Waals surface area contributed by atoms with Crippen molar-refractivity contribution in [3.05, 3.63) is 54.1 Å². The summed E-state index contributed by atoms with van der Waals surface area (Å²) in [6, 6.07) is 14.8. The number of fused-ring (bicyclic) bond motifs is 1. The van der Waals surface area contributed by atoms with Crippen LogP contribution in [0.3, 0.4) is 0 Å². The number of rotatable bonds is 3. The van der Waals surface area contributed by atoms with Gasteiger partial charge in [0, 0.05) is 43.6 Å². The molecular formula is C23H26N4O3. The van der Waals surface area contributed by atoms with Gasteiger partial charge >= 0.3 is 6.03 Å². The maximum atomic E-state index is 12.8. The summed E-state index contributed by atoms with van der Waals surface area (Å²) in [5.74, 6) is -0.294. The largest absolute Gasteiger partial charge is 0.326 e. The van der Waals surface area contributed by atoms with E-state index in [2.05, 4.69) is 10.6 Å². The summed E-state index contributed by atoms with van der Waals surface area (Å²) in [6.07, 6.45) is 2.33. The number of para-hydroxylation sites is 1. The van der Waals surface area contributed by atoms with Gasteiger partial charge in [-0.05, 0) is 55.2 Å². The van der Waals surface area contributed by atoms with E-state index in [0.717, 1.165) is 41.9 Å². The lowest BCUT2D eigenvalue weighted by Crippen LogP contribution is -2.45. The van der Waals surface area contributed by atoms with Crippen LogP contribution in [0.25, 0.3) is 0 Å². The molecule has 0 aliphatic carbocycles. The van der Waals surface area contributed by atoms with Crippen molar-refractivity contribution < 1.29 is 14.4 Å². The van der Waals surface area contributed by atoms with Gasteiger partial charge in [0.15, 0.2) is 0 Å². The number of urea groups is 1. The number of carbonyl (C=O) groups is 3. The van der Waals surface area contributed by atoms with Gasteiger partial charge in [-0.3, -0.25) is 9.59 Å². The number of hydrogen-bond acceptors (Lipinski definition) is 3. The SMILES string of the molecule is CC(=O)N1CCc2cc(NC(=O)[C@@H]3CCCN(C(=O)Nc4ccccc4)C3)ccc21. The number of carbonyl (C=O) groups excluding carboxylic acids is 3. The second-order valence-corrected chi connectivity index (χ2v) is 7.83. The van der Waals surface area contributed by atoms with Crippen LogP contribution in [0.1, 0.15) is 25.3 Å². The molecular weight excluding hydrogens is 380 g/mol. The molecule has 7 nitrogen and oxygen atoms in total. The number of amides is 4. The minimum atomic E-state index is -0.248. The third kappa shape index (κ3) is 4.30. The highest BCUT2D eigenvalue weighted by atomic mass is 16.2. The maximum absolute atomic E-state index is 12.8. The standard InChI is InChI=1S/C23H26N4O3/c1-16(28)27-13-11-17-14-20(9-10-21(17)27)24-22(29)18-6-5-12-26(15-18)23(30)25-19-7-3-2-4-8-19/h2-4,7-10,14,18H,5-6,11-13,15H2,1H3,(H,24,29)(H,25,30)/t18-/m1/s1. The van der Waals surface area contributed by atoms with Crippen molar-refractivity contribution in [3.63, 3.8) is 0 Å². The Bertz CT molecular complexity index is 960. The topological polar surface area (TPSA) is 81.8 Å². The molecule has 2 aliphatic heterocycles. The lowest BCUT2D eigenvalue weighted by molar-refractivity contribution is -0.121. The van der Waals surface area contributed by atoms with E-state index in [1.54, 1.807) is 16.7 Å². The molecule has 156 valence electrons. The Labute approximate surface area is 176 Å². The zero-order valence-corrected chi connectivity index (χ0v) is 17.1. The zero-order chi connectivity index (χ0) is 21.1. The molecule has 0 spiro atoms. The molecule has 2 aliphatic rings. The normalized spacial score (nSPS) is 18.0. The molecule has 30 heavy (non-hydrogen) atoms. The smallest absolute Gasteiger partial charge is 0.321 e. The highest BCUT2D eigenvalue weighted by molar-refractivity contribution is 5.96. The van der Waals surface area contributed by atoms with Gasteiger partial charge in [-0.2, -0.15) is 0 Å². The van der Waals surface area contributed by atoms with Crippen molar-refractivity contribution in [3.8, 4) is 0 Å². The van der Waals surface area contributed by atoms with Crippen molar-refractivity contribution in [2.45, 2.75) is 26.2 Å². The minimum Gasteiger partial charge on any atom is -0.326 e. The molecule has 4 amide bonds. The number of nitrogens with zero attached hydrogens (tertiary/aromatic N) is 2. The Balaban J connectivity index is 1.37. The molecule has 1 saturated heterocycles. The van der Waals surface area contributed by atoms with Crippen molar-refractivity contribution in [2.24, 2.45) is 5.92 Å². The lowest BCUT2D eigenvalue weighted by atomic mass is 9.97. The number of likely N-dealkylation sites (tertiary alicyclic amines) is 1. The molecule has 1 atom stereocenters. The van der Waals surface area contributed by atoms with Gasteiger partial charge in [-0.1, -0.05) is 18.2 Å². The predicted octanol–water partition coefficient (Wildman–Crippen LogP) is 3.48. The molecule has 0 radical (unpaired) electrons. The van der Waals surface area contributed by atoms with Crippen LogP contribution >= 0.6 is 0 Å². The maximum Gasteiger partial charge on any atom is 0.321 e. The Hall–Kier alpha value is -3.35. The van der Waals surface area contributed by atoms with Crippen LogP contribution in [-0.4, -0.2) is 42.4 Å². The molecule has 4 rings (SSSR count). The predicted molar refractivity (Wildman–Crippen MR) is 117 cm³/mol. The molecule has 2 aromatic rings. The molecule has 2 heterocycles. The highest BCUT2D eigenvalue weighted by Gasteiger charge is 2.29. The number of hydrogen-bond donors (Lipinski definition) is 2. The van der Waals surface area contributed by atoms with Gasteiger partial charge in [0.05, 0.1) is 5.92 Å². The molecule has 0 saturated carbocycles. The first-order chi connectivity index (χ1) is 14.5.